The van der Waals surface area contributed by atoms with Crippen LogP contribution in [0.25, 0.3) is 5.65 Å². The van der Waals surface area contributed by atoms with E-state index < -0.39 is 30.3 Å². The Balaban J connectivity index is 1.57. The minimum Gasteiger partial charge on any atom is -0.364 e. The number of rotatable bonds is 8. The number of aromatic nitrogens is 5. The van der Waals surface area contributed by atoms with E-state index in [1.54, 1.807) is 17.2 Å². The van der Waals surface area contributed by atoms with Crippen molar-refractivity contribution in [2.75, 3.05) is 19.7 Å². The molecule has 3 aromatic rings. The van der Waals surface area contributed by atoms with Gasteiger partial charge in [-0.3, -0.25) is 4.79 Å². The van der Waals surface area contributed by atoms with Gasteiger partial charge in [-0.25, -0.2) is 18.9 Å². The first kappa shape index (κ1) is 24.4. The standard InChI is InChI=1S/C20H23F3N8O4/c1-19(2,20(21,22)23)34-11-15(28-17(32)13-8-26-35-29-13)14-10-31-16(27-14)6-12(7-25-31)9-30-5-3-4-24-18(30)33/h6-8,10,15H,3-5,9,11H2,1-2H3,(H,24,33)(H,28,32). The highest BCUT2D eigenvalue weighted by Crippen LogP contribution is 2.33. The van der Waals surface area contributed by atoms with E-state index in [9.17, 15) is 22.8 Å². The first-order chi connectivity index (χ1) is 16.5. The molecule has 188 valence electrons. The first-order valence-electron chi connectivity index (χ1n) is 10.7. The summed E-state index contributed by atoms with van der Waals surface area (Å²) in [6, 6.07) is 0.466. The molecule has 1 unspecified atom stereocenters. The lowest BCUT2D eigenvalue weighted by molar-refractivity contribution is -0.265. The third kappa shape index (κ3) is 5.50. The van der Waals surface area contributed by atoms with Gasteiger partial charge in [0.2, 0.25) is 0 Å². The van der Waals surface area contributed by atoms with Crippen molar-refractivity contribution in [3.63, 3.8) is 0 Å². The zero-order valence-electron chi connectivity index (χ0n) is 18.9. The number of urea groups is 1. The number of amides is 3. The third-order valence-electron chi connectivity index (χ3n) is 5.49. The molecule has 4 heterocycles. The molecular formula is C20H23F3N8O4. The van der Waals surface area contributed by atoms with Crippen molar-refractivity contribution in [3.8, 4) is 0 Å². The topological polar surface area (TPSA) is 140 Å². The first-order valence-corrected chi connectivity index (χ1v) is 10.7. The lowest BCUT2D eigenvalue weighted by atomic mass is 10.1. The van der Waals surface area contributed by atoms with Gasteiger partial charge in [-0.15, -0.1) is 0 Å². The molecule has 3 amide bonds. The predicted octanol–water partition coefficient (Wildman–Crippen LogP) is 1.86. The van der Waals surface area contributed by atoms with Crippen LogP contribution in [0.2, 0.25) is 0 Å². The monoisotopic (exact) mass is 496 g/mol. The summed E-state index contributed by atoms with van der Waals surface area (Å²) in [4.78, 5) is 30.6. The van der Waals surface area contributed by atoms with Gasteiger partial charge in [0.05, 0.1) is 30.7 Å². The Hall–Kier alpha value is -3.75. The van der Waals surface area contributed by atoms with Gasteiger partial charge in [0.15, 0.2) is 16.9 Å². The number of hydrogen-bond acceptors (Lipinski definition) is 8. The molecule has 1 atom stereocenters. The minimum atomic E-state index is -4.63. The van der Waals surface area contributed by atoms with E-state index in [1.807, 2.05) is 0 Å². The zero-order valence-corrected chi connectivity index (χ0v) is 18.9. The number of carbonyl (C=O) groups excluding carboxylic acids is 2. The number of nitrogens with zero attached hydrogens (tertiary/aromatic N) is 6. The van der Waals surface area contributed by atoms with Crippen LogP contribution in [-0.2, 0) is 11.3 Å². The van der Waals surface area contributed by atoms with Crippen LogP contribution in [0.1, 0.15) is 48.1 Å². The molecule has 1 saturated heterocycles. The second-order valence-electron chi connectivity index (χ2n) is 8.48. The molecule has 1 aliphatic heterocycles. The molecule has 15 heteroatoms. The van der Waals surface area contributed by atoms with E-state index in [0.29, 0.717) is 25.3 Å². The van der Waals surface area contributed by atoms with E-state index in [4.69, 9.17) is 4.74 Å². The lowest BCUT2D eigenvalue weighted by Gasteiger charge is -2.29. The molecule has 0 aromatic carbocycles. The second kappa shape index (κ2) is 9.48. The van der Waals surface area contributed by atoms with Gasteiger partial charge >= 0.3 is 12.2 Å². The van der Waals surface area contributed by atoms with E-state index in [-0.39, 0.29) is 17.4 Å². The van der Waals surface area contributed by atoms with Crippen molar-refractivity contribution in [1.29, 1.82) is 0 Å². The Labute approximate surface area is 196 Å². The number of carbonyl (C=O) groups is 2. The van der Waals surface area contributed by atoms with Crippen molar-refractivity contribution in [3.05, 3.63) is 41.6 Å². The number of ether oxygens (including phenoxy) is 1. The number of alkyl halides is 3. The molecule has 2 N–H and O–H groups in total. The molecule has 4 rings (SSSR count). The average molecular weight is 496 g/mol. The van der Waals surface area contributed by atoms with Crippen LogP contribution in [0.4, 0.5) is 18.0 Å². The van der Waals surface area contributed by atoms with Crippen LogP contribution in [0.3, 0.4) is 0 Å². The quantitative estimate of drug-likeness (QED) is 0.482. The van der Waals surface area contributed by atoms with Crippen molar-refractivity contribution in [2.24, 2.45) is 0 Å². The molecule has 1 aliphatic rings. The fourth-order valence-corrected chi connectivity index (χ4v) is 3.31. The van der Waals surface area contributed by atoms with Crippen LogP contribution < -0.4 is 10.6 Å². The number of imidazole rings is 1. The van der Waals surface area contributed by atoms with Gasteiger partial charge < -0.3 is 20.3 Å². The molecule has 0 aliphatic carbocycles. The fraction of sp³-hybridized carbons (Fsp3) is 0.500. The molecule has 3 aromatic heterocycles. The largest absolute Gasteiger partial charge is 0.416 e. The van der Waals surface area contributed by atoms with Gasteiger partial charge in [0.1, 0.15) is 6.20 Å². The summed E-state index contributed by atoms with van der Waals surface area (Å²) in [6.07, 6.45) is 0.307. The molecule has 0 saturated carbocycles. The van der Waals surface area contributed by atoms with Gasteiger partial charge in [-0.1, -0.05) is 5.16 Å². The Morgan fingerprint density at radius 2 is 2.14 bits per heavy atom. The van der Waals surface area contributed by atoms with Gasteiger partial charge in [-0.05, 0) is 37.1 Å². The summed E-state index contributed by atoms with van der Waals surface area (Å²) in [5.74, 6) is -0.730. The highest BCUT2D eigenvalue weighted by Gasteiger charge is 2.49. The maximum Gasteiger partial charge on any atom is 0.416 e. The Kier molecular flexibility index (Phi) is 6.60. The summed E-state index contributed by atoms with van der Waals surface area (Å²) >= 11 is 0. The predicted molar refractivity (Wildman–Crippen MR) is 112 cm³/mol. The van der Waals surface area contributed by atoms with Crippen LogP contribution in [0.15, 0.2) is 29.3 Å². The molecular weight excluding hydrogens is 473 g/mol. The zero-order chi connectivity index (χ0) is 25.2. The fourth-order valence-electron chi connectivity index (χ4n) is 3.31. The smallest absolute Gasteiger partial charge is 0.364 e. The molecule has 12 nitrogen and oxygen atoms in total. The number of halogens is 3. The van der Waals surface area contributed by atoms with Crippen LogP contribution in [-0.4, -0.2) is 73.2 Å². The summed E-state index contributed by atoms with van der Waals surface area (Å²) < 4.78 is 50.9. The molecule has 0 radical (unpaired) electrons. The van der Waals surface area contributed by atoms with Gasteiger partial charge in [0.25, 0.3) is 5.91 Å². The molecule has 0 bridgehead atoms. The molecule has 1 fully saturated rings. The minimum absolute atomic E-state index is 0.158. The summed E-state index contributed by atoms with van der Waals surface area (Å²) in [6.45, 7) is 2.80. The molecule has 0 spiro atoms. The van der Waals surface area contributed by atoms with E-state index in [2.05, 4.69) is 35.7 Å². The van der Waals surface area contributed by atoms with Crippen molar-refractivity contribution in [2.45, 2.75) is 44.6 Å². The SMILES string of the molecule is CC(C)(OCC(NC(=O)c1cnon1)c1cn2ncc(CN3CCCNC3=O)cc2n1)C(F)(F)F. The lowest BCUT2D eigenvalue weighted by Crippen LogP contribution is -2.45. The second-order valence-corrected chi connectivity index (χ2v) is 8.48. The Bertz CT molecular complexity index is 1190. The van der Waals surface area contributed by atoms with Crippen molar-refractivity contribution < 1.29 is 32.1 Å². The van der Waals surface area contributed by atoms with Gasteiger partial charge in [0, 0.05) is 19.6 Å². The Morgan fingerprint density at radius 1 is 1.34 bits per heavy atom. The number of nitrogens with one attached hydrogen (secondary N) is 2. The number of fused-ring (bicyclic) bond motifs is 1. The van der Waals surface area contributed by atoms with Crippen LogP contribution in [0.5, 0.6) is 0 Å². The van der Waals surface area contributed by atoms with E-state index >= 15 is 0 Å². The van der Waals surface area contributed by atoms with Crippen LogP contribution in [0, 0.1) is 0 Å². The number of hydrogen-bond donors (Lipinski definition) is 2. The van der Waals surface area contributed by atoms with E-state index in [1.165, 1.54) is 10.7 Å². The normalized spacial score (nSPS) is 15.8. The van der Waals surface area contributed by atoms with Gasteiger partial charge in [-0.2, -0.15) is 18.3 Å². The third-order valence-corrected chi connectivity index (χ3v) is 5.49. The van der Waals surface area contributed by atoms with Crippen LogP contribution >= 0.6 is 0 Å². The summed E-state index contributed by atoms with van der Waals surface area (Å²) in [5, 5.41) is 16.4. The average Bonchev–Trinajstić information content (AvgIpc) is 3.47. The van der Waals surface area contributed by atoms with E-state index in [0.717, 1.165) is 32.0 Å². The molecule has 35 heavy (non-hydrogen) atoms. The summed E-state index contributed by atoms with van der Waals surface area (Å²) in [7, 11) is 0. The summed E-state index contributed by atoms with van der Waals surface area (Å²) in [5.41, 5.74) is -1.31. The maximum atomic E-state index is 13.3. The van der Waals surface area contributed by atoms with Crippen molar-refractivity contribution in [1.82, 2.24) is 40.4 Å². The Morgan fingerprint density at radius 3 is 2.83 bits per heavy atom. The highest BCUT2D eigenvalue weighted by atomic mass is 19.4. The highest BCUT2D eigenvalue weighted by molar-refractivity contribution is 5.92. The van der Waals surface area contributed by atoms with Crippen molar-refractivity contribution >= 4 is 17.6 Å². The maximum absolute atomic E-state index is 13.3.